The van der Waals surface area contributed by atoms with Crippen LogP contribution >= 0.6 is 23.2 Å². The number of non-ortho nitro benzene ring substituents is 2. The van der Waals surface area contributed by atoms with Crippen molar-refractivity contribution in [3.05, 3.63) is 96.3 Å². The fraction of sp³-hybridized carbons (Fsp3) is 0. The van der Waals surface area contributed by atoms with Crippen LogP contribution in [0.4, 0.5) is 22.7 Å². The molecule has 0 fully saturated rings. The first-order valence-corrected chi connectivity index (χ1v) is 9.39. The highest BCUT2D eigenvalue weighted by molar-refractivity contribution is 6.34. The molecule has 0 aliphatic rings. The number of halogens is 2. The van der Waals surface area contributed by atoms with Gasteiger partial charge in [0.2, 0.25) is 0 Å². The van der Waals surface area contributed by atoms with Gasteiger partial charge in [-0.1, -0.05) is 29.3 Å². The lowest BCUT2D eigenvalue weighted by atomic mass is 10.2. The Morgan fingerprint density at radius 3 is 1.50 bits per heavy atom. The minimum atomic E-state index is -0.705. The number of nitrogens with one attached hydrogen (secondary N) is 2. The fourth-order valence-corrected chi connectivity index (χ4v) is 2.94. The molecule has 3 rings (SSSR count). The smallest absolute Gasteiger partial charge is 0.274 e. The maximum atomic E-state index is 12.5. The molecule has 2 N–H and O–H groups in total. The number of hydrogen-bond acceptors (Lipinski definition) is 7. The Morgan fingerprint density at radius 2 is 1.16 bits per heavy atom. The third kappa shape index (κ3) is 5.14. The van der Waals surface area contributed by atoms with Gasteiger partial charge in [-0.05, 0) is 24.3 Å². The van der Waals surface area contributed by atoms with Gasteiger partial charge >= 0.3 is 0 Å². The number of anilines is 2. The van der Waals surface area contributed by atoms with Crippen molar-refractivity contribution >= 4 is 57.8 Å². The lowest BCUT2D eigenvalue weighted by Crippen LogP contribution is -2.18. The molecule has 162 valence electrons. The average molecular weight is 476 g/mol. The van der Waals surface area contributed by atoms with E-state index in [0.29, 0.717) is 0 Å². The van der Waals surface area contributed by atoms with Crippen LogP contribution in [0.2, 0.25) is 10.0 Å². The summed E-state index contributed by atoms with van der Waals surface area (Å²) >= 11 is 11.9. The van der Waals surface area contributed by atoms with Crippen molar-refractivity contribution in [3.63, 3.8) is 0 Å². The number of nitrogens with zero attached hydrogens (tertiary/aromatic N) is 3. The molecule has 0 saturated carbocycles. The van der Waals surface area contributed by atoms with Gasteiger partial charge in [0.05, 0.1) is 31.3 Å². The van der Waals surface area contributed by atoms with Crippen LogP contribution in [0.3, 0.4) is 0 Å². The van der Waals surface area contributed by atoms with Crippen molar-refractivity contribution in [2.24, 2.45) is 0 Å². The maximum Gasteiger partial charge on any atom is 0.274 e. The Hall–Kier alpha value is -4.09. The zero-order valence-electron chi connectivity index (χ0n) is 15.7. The summed E-state index contributed by atoms with van der Waals surface area (Å²) in [4.78, 5) is 49.3. The number of rotatable bonds is 6. The van der Waals surface area contributed by atoms with E-state index in [9.17, 15) is 29.8 Å². The van der Waals surface area contributed by atoms with Crippen LogP contribution in [0.5, 0.6) is 0 Å². The van der Waals surface area contributed by atoms with E-state index in [2.05, 4.69) is 15.6 Å². The van der Waals surface area contributed by atoms with Gasteiger partial charge in [-0.25, -0.2) is 4.98 Å². The number of carbonyl (C=O) groups excluding carboxylic acids is 2. The maximum absolute atomic E-state index is 12.5. The van der Waals surface area contributed by atoms with Crippen molar-refractivity contribution in [2.45, 2.75) is 0 Å². The summed E-state index contributed by atoms with van der Waals surface area (Å²) < 4.78 is 0. The number of amides is 2. The molecule has 3 aromatic rings. The van der Waals surface area contributed by atoms with Gasteiger partial charge in [0, 0.05) is 24.3 Å². The molecule has 0 bridgehead atoms. The zero-order chi connectivity index (χ0) is 23.4. The molecule has 2 aromatic carbocycles. The summed E-state index contributed by atoms with van der Waals surface area (Å²) in [7, 11) is 0. The third-order valence-electron chi connectivity index (χ3n) is 4.04. The molecule has 0 aliphatic heterocycles. The molecule has 0 spiro atoms. The van der Waals surface area contributed by atoms with Crippen LogP contribution in [0.25, 0.3) is 0 Å². The predicted octanol–water partition coefficient (Wildman–Crippen LogP) is 4.71. The van der Waals surface area contributed by atoms with Gasteiger partial charge in [-0.15, -0.1) is 0 Å². The molecule has 11 nitrogen and oxygen atoms in total. The van der Waals surface area contributed by atoms with Gasteiger partial charge in [0.15, 0.2) is 0 Å². The topological polar surface area (TPSA) is 157 Å². The van der Waals surface area contributed by atoms with E-state index in [1.54, 1.807) is 0 Å². The van der Waals surface area contributed by atoms with Crippen LogP contribution in [0, 0.1) is 20.2 Å². The first-order chi connectivity index (χ1) is 15.2. The van der Waals surface area contributed by atoms with Crippen LogP contribution < -0.4 is 10.6 Å². The van der Waals surface area contributed by atoms with Gasteiger partial charge in [0.25, 0.3) is 23.2 Å². The van der Waals surface area contributed by atoms with E-state index < -0.39 is 21.7 Å². The Labute approximate surface area is 189 Å². The van der Waals surface area contributed by atoms with E-state index in [-0.39, 0.29) is 44.2 Å². The second-order valence-electron chi connectivity index (χ2n) is 6.16. The van der Waals surface area contributed by atoms with E-state index in [1.165, 1.54) is 42.5 Å². The lowest BCUT2D eigenvalue weighted by molar-refractivity contribution is -0.385. The van der Waals surface area contributed by atoms with Gasteiger partial charge < -0.3 is 10.6 Å². The largest absolute Gasteiger partial charge is 0.319 e. The first-order valence-electron chi connectivity index (χ1n) is 8.63. The normalized spacial score (nSPS) is 10.3. The van der Waals surface area contributed by atoms with E-state index in [1.807, 2.05) is 0 Å². The first kappa shape index (κ1) is 22.6. The highest BCUT2D eigenvalue weighted by Crippen LogP contribution is 2.28. The molecular weight excluding hydrogens is 465 g/mol. The number of benzene rings is 2. The van der Waals surface area contributed by atoms with Crippen LogP contribution in [0.15, 0.2) is 54.6 Å². The molecule has 0 aliphatic carbocycles. The Kier molecular flexibility index (Phi) is 6.61. The molecule has 13 heteroatoms. The molecule has 0 saturated heterocycles. The molecule has 1 heterocycles. The Morgan fingerprint density at radius 1 is 0.750 bits per heavy atom. The summed E-state index contributed by atoms with van der Waals surface area (Å²) in [6.45, 7) is 0. The second-order valence-corrected chi connectivity index (χ2v) is 6.97. The third-order valence-corrected chi connectivity index (χ3v) is 4.66. The van der Waals surface area contributed by atoms with Crippen LogP contribution in [-0.2, 0) is 0 Å². The number of carbonyl (C=O) groups is 2. The molecule has 0 atom stereocenters. The SMILES string of the molecule is O=C(Nc1ccc([N+](=O)[O-])cc1Cl)c1cccc(C(=O)Nc2ccc([N+](=O)[O-])cc2Cl)n1. The van der Waals surface area contributed by atoms with Crippen molar-refractivity contribution < 1.29 is 19.4 Å². The summed E-state index contributed by atoms with van der Waals surface area (Å²) in [5.74, 6) is -1.41. The van der Waals surface area contributed by atoms with E-state index in [0.717, 1.165) is 12.1 Å². The van der Waals surface area contributed by atoms with E-state index in [4.69, 9.17) is 23.2 Å². The molecular formula is C19H11Cl2N5O6. The molecule has 2 amide bonds. The van der Waals surface area contributed by atoms with Crippen molar-refractivity contribution in [3.8, 4) is 0 Å². The number of aromatic nitrogens is 1. The summed E-state index contributed by atoms with van der Waals surface area (Å²) in [6, 6.07) is 11.2. The number of hydrogen-bond donors (Lipinski definition) is 2. The zero-order valence-corrected chi connectivity index (χ0v) is 17.3. The van der Waals surface area contributed by atoms with Gasteiger partial charge in [-0.3, -0.25) is 29.8 Å². The monoisotopic (exact) mass is 475 g/mol. The number of nitro groups is 2. The number of nitro benzene ring substituents is 2. The molecule has 0 unspecified atom stereocenters. The average Bonchev–Trinajstić information content (AvgIpc) is 2.76. The molecule has 0 radical (unpaired) electrons. The van der Waals surface area contributed by atoms with Crippen LogP contribution in [-0.4, -0.2) is 26.6 Å². The van der Waals surface area contributed by atoms with Crippen molar-refractivity contribution in [1.29, 1.82) is 0 Å². The molecule has 1 aromatic heterocycles. The summed E-state index contributed by atoms with van der Waals surface area (Å²) in [6.07, 6.45) is 0. The number of pyridine rings is 1. The minimum absolute atomic E-state index is 0.0470. The van der Waals surface area contributed by atoms with Gasteiger partial charge in [-0.2, -0.15) is 0 Å². The summed E-state index contributed by atoms with van der Waals surface area (Å²) in [5.41, 5.74) is -0.485. The van der Waals surface area contributed by atoms with Crippen LogP contribution in [0.1, 0.15) is 21.0 Å². The van der Waals surface area contributed by atoms with Crippen molar-refractivity contribution in [2.75, 3.05) is 10.6 Å². The highest BCUT2D eigenvalue weighted by atomic mass is 35.5. The minimum Gasteiger partial charge on any atom is -0.319 e. The van der Waals surface area contributed by atoms with Crippen molar-refractivity contribution in [1.82, 2.24) is 4.98 Å². The lowest BCUT2D eigenvalue weighted by Gasteiger charge is -2.09. The van der Waals surface area contributed by atoms with E-state index >= 15 is 0 Å². The fourth-order valence-electron chi connectivity index (χ4n) is 2.50. The quantitative estimate of drug-likeness (QED) is 0.385. The highest BCUT2D eigenvalue weighted by Gasteiger charge is 2.17. The standard InChI is InChI=1S/C19H11Cl2N5O6/c20-12-8-10(25(29)30)4-6-14(12)23-18(27)16-2-1-3-17(22-16)19(28)24-15-7-5-11(26(31)32)9-13(15)21/h1-9H,(H,23,27)(H,24,28). The Bertz CT molecular complexity index is 1170. The second kappa shape index (κ2) is 9.37. The van der Waals surface area contributed by atoms with Gasteiger partial charge in [0.1, 0.15) is 11.4 Å². The Balaban J connectivity index is 1.76. The summed E-state index contributed by atoms with van der Waals surface area (Å²) in [5, 5.41) is 26.4. The molecule has 32 heavy (non-hydrogen) atoms. The predicted molar refractivity (Wildman–Crippen MR) is 116 cm³/mol.